The van der Waals surface area contributed by atoms with Gasteiger partial charge in [0.2, 0.25) is 0 Å². The number of nitrogens with zero attached hydrogens (tertiary/aromatic N) is 2. The third-order valence-electron chi connectivity index (χ3n) is 0.805. The van der Waals surface area contributed by atoms with Crippen LogP contribution in [0.2, 0.25) is 0 Å². The van der Waals surface area contributed by atoms with Crippen molar-refractivity contribution in [2.45, 2.75) is 0 Å². The van der Waals surface area contributed by atoms with Crippen molar-refractivity contribution >= 4 is 43.0 Å². The van der Waals surface area contributed by atoms with Crippen LogP contribution in [0.3, 0.4) is 0 Å². The molecule has 0 spiro atoms. The van der Waals surface area contributed by atoms with Crippen molar-refractivity contribution in [2.24, 2.45) is 8.73 Å². The van der Waals surface area contributed by atoms with Gasteiger partial charge in [0.1, 0.15) is 0 Å². The van der Waals surface area contributed by atoms with E-state index in [0.717, 1.165) is 0 Å². The minimum atomic E-state index is -1.79. The molecule has 4 nitrogen and oxygen atoms in total. The first-order chi connectivity index (χ1) is 7.98. The number of thioether (sulfide) groups is 1. The summed E-state index contributed by atoms with van der Waals surface area (Å²) in [6.45, 7) is 0. The molecule has 0 amide bonds. The summed E-state index contributed by atoms with van der Waals surface area (Å²) in [4.78, 5) is 0. The first-order valence-electron chi connectivity index (χ1n) is 4.86. The van der Waals surface area contributed by atoms with Crippen LogP contribution >= 0.6 is 11.8 Å². The smallest absolute Gasteiger partial charge is 0.0406 e. The fourth-order valence-electron chi connectivity index (χ4n) is 0. The molecule has 8 heteroatoms. The molecule has 0 aromatic rings. The summed E-state index contributed by atoms with van der Waals surface area (Å²) in [5, 5.41) is 0. The molecule has 0 rings (SSSR count). The van der Waals surface area contributed by atoms with Crippen molar-refractivity contribution in [3.8, 4) is 0 Å². The van der Waals surface area contributed by atoms with Gasteiger partial charge in [-0.2, -0.15) is 11.8 Å². The second kappa shape index (κ2) is 19.9. The largest absolute Gasteiger partial charge is 0.269 e. The molecule has 0 aliphatic rings. The van der Waals surface area contributed by atoms with Crippen LogP contribution in [0.4, 0.5) is 0 Å². The third-order valence-corrected chi connectivity index (χ3v) is 2.41. The quantitative estimate of drug-likeness (QED) is 0.679. The van der Waals surface area contributed by atoms with Crippen molar-refractivity contribution in [3.63, 3.8) is 0 Å². The zero-order valence-corrected chi connectivity index (χ0v) is 16.6. The second-order valence-corrected chi connectivity index (χ2v) is 10.4. The number of hydrogen-bond donors (Lipinski definition) is 0. The molecular formula is C10H30N2O2S4. The van der Waals surface area contributed by atoms with Crippen molar-refractivity contribution in [1.82, 2.24) is 0 Å². The maximum Gasteiger partial charge on any atom is 0.0406 e. The Hall–Kier alpha value is 0.600. The first kappa shape index (κ1) is 27.0. The van der Waals surface area contributed by atoms with Crippen molar-refractivity contribution < 1.29 is 8.42 Å². The Bertz CT molecular complexity index is 306. The van der Waals surface area contributed by atoms with Gasteiger partial charge in [-0.15, -0.1) is 10.7 Å². The highest BCUT2D eigenvalue weighted by atomic mass is 32.2. The van der Waals surface area contributed by atoms with Gasteiger partial charge < -0.3 is 0 Å². The Morgan fingerprint density at radius 3 is 1.11 bits per heavy atom. The number of rotatable bonds is 0. The summed E-state index contributed by atoms with van der Waals surface area (Å²) in [6, 6.07) is 0. The lowest BCUT2D eigenvalue weighted by molar-refractivity contribution is 0.684. The zero-order chi connectivity index (χ0) is 15.8. The van der Waals surface area contributed by atoms with Gasteiger partial charge in [0.15, 0.2) is 0 Å². The summed E-state index contributed by atoms with van der Waals surface area (Å²) >= 11 is 1.75. The second-order valence-electron chi connectivity index (χ2n) is 3.47. The fourth-order valence-corrected chi connectivity index (χ4v) is 0. The van der Waals surface area contributed by atoms with Gasteiger partial charge in [0, 0.05) is 59.6 Å². The molecule has 0 fully saturated rings. The molecule has 0 atom stereocenters. The topological polar surface area (TPSA) is 58.9 Å². The van der Waals surface area contributed by atoms with Crippen molar-refractivity contribution in [1.29, 1.82) is 0 Å². The monoisotopic (exact) mass is 338 g/mol. The highest BCUT2D eigenvalue weighted by Crippen LogP contribution is 1.75. The maximum atomic E-state index is 10.4. The predicted octanol–water partition coefficient (Wildman–Crippen LogP) is 2.00. The summed E-state index contributed by atoms with van der Waals surface area (Å²) in [5.74, 6) is 0. The molecular weight excluding hydrogens is 308 g/mol. The molecule has 116 valence electrons. The first-order valence-corrected chi connectivity index (χ1v) is 12.8. The van der Waals surface area contributed by atoms with Crippen molar-refractivity contribution in [2.75, 3.05) is 64.1 Å². The average Bonchev–Trinajstić information content (AvgIpc) is 2.18. The molecule has 0 aliphatic heterocycles. The normalized spacial score (nSPS) is 9.11. The highest BCUT2D eigenvalue weighted by Gasteiger charge is 1.78. The minimum absolute atomic E-state index is 0.302. The molecule has 0 saturated heterocycles. The lowest BCUT2D eigenvalue weighted by atomic mass is 11.6. The standard InChI is InChI=1S/C3H9NOS.C3H9NS.C2H6OS.C2H6S/c1-4-6(2,3)5;1-4-5(2)3;1-4(2)3;1-3-2/h1-3H3;1-3H3;1-2H3;1-2H3. The van der Waals surface area contributed by atoms with Gasteiger partial charge in [-0.25, -0.2) is 4.36 Å². The van der Waals surface area contributed by atoms with E-state index in [4.69, 9.17) is 0 Å². The van der Waals surface area contributed by atoms with Crippen LogP contribution < -0.4 is 0 Å². The van der Waals surface area contributed by atoms with Crippen molar-refractivity contribution in [3.05, 3.63) is 0 Å². The van der Waals surface area contributed by atoms with Crippen LogP contribution in [-0.2, 0) is 31.2 Å². The Morgan fingerprint density at radius 2 is 1.11 bits per heavy atom. The van der Waals surface area contributed by atoms with Gasteiger partial charge in [0.25, 0.3) is 0 Å². The Labute approximate surface area is 124 Å². The van der Waals surface area contributed by atoms with E-state index < -0.39 is 20.5 Å². The summed E-state index contributed by atoms with van der Waals surface area (Å²) in [7, 11) is 1.30. The molecule has 0 aromatic carbocycles. The number of hydrogen-bond acceptors (Lipinski definition) is 5. The zero-order valence-electron chi connectivity index (χ0n) is 13.3. The molecule has 0 aliphatic carbocycles. The molecule has 0 saturated carbocycles. The lowest BCUT2D eigenvalue weighted by Crippen LogP contribution is -1.87. The molecule has 0 unspecified atom stereocenters. The van der Waals surface area contributed by atoms with E-state index in [1.54, 1.807) is 43.8 Å². The molecule has 18 heavy (non-hydrogen) atoms. The summed E-state index contributed by atoms with van der Waals surface area (Å²) in [5.41, 5.74) is 0. The van der Waals surface area contributed by atoms with E-state index in [2.05, 4.69) is 21.2 Å². The minimum Gasteiger partial charge on any atom is -0.269 e. The summed E-state index contributed by atoms with van der Waals surface area (Å²) in [6.07, 6.45) is 14.7. The van der Waals surface area contributed by atoms with E-state index >= 15 is 0 Å². The van der Waals surface area contributed by atoms with E-state index in [9.17, 15) is 8.42 Å². The van der Waals surface area contributed by atoms with E-state index in [1.165, 1.54) is 0 Å². The van der Waals surface area contributed by atoms with Gasteiger partial charge in [0.05, 0.1) is 0 Å². The fraction of sp³-hybridized carbons (Fsp3) is 1.00. The van der Waals surface area contributed by atoms with Crippen LogP contribution in [0.15, 0.2) is 8.73 Å². The van der Waals surface area contributed by atoms with Gasteiger partial charge in [-0.05, 0) is 25.0 Å². The van der Waals surface area contributed by atoms with E-state index in [-0.39, 0.29) is 0 Å². The molecule has 0 aromatic heterocycles. The van der Waals surface area contributed by atoms with E-state index in [0.29, 0.717) is 10.7 Å². The van der Waals surface area contributed by atoms with Gasteiger partial charge in [-0.1, -0.05) is 0 Å². The molecule has 0 heterocycles. The summed E-state index contributed by atoms with van der Waals surface area (Å²) < 4.78 is 27.4. The maximum absolute atomic E-state index is 10.4. The Morgan fingerprint density at radius 1 is 1.00 bits per heavy atom. The third kappa shape index (κ3) is 129. The Balaban J connectivity index is -0.0000000750. The van der Waals surface area contributed by atoms with Crippen LogP contribution in [-0.4, -0.2) is 72.6 Å². The van der Waals surface area contributed by atoms with Gasteiger partial charge in [-0.3, -0.25) is 12.8 Å². The van der Waals surface area contributed by atoms with E-state index in [1.807, 2.05) is 19.6 Å². The highest BCUT2D eigenvalue weighted by molar-refractivity contribution is 7.97. The SMILES string of the molecule is CN=S(C)(C)=O.CN=S(C)C.CS(C)=O.CSC. The van der Waals surface area contributed by atoms with Crippen LogP contribution in [0.5, 0.6) is 0 Å². The van der Waals surface area contributed by atoms with Crippen LogP contribution in [0.1, 0.15) is 0 Å². The lowest BCUT2D eigenvalue weighted by Gasteiger charge is -1.83. The van der Waals surface area contributed by atoms with Crippen LogP contribution in [0.25, 0.3) is 0 Å². The molecule has 0 radical (unpaired) electrons. The average molecular weight is 339 g/mol. The molecule has 0 N–H and O–H groups in total. The predicted molar refractivity (Wildman–Crippen MR) is 95.3 cm³/mol. The van der Waals surface area contributed by atoms with Gasteiger partial charge >= 0.3 is 0 Å². The molecule has 0 bridgehead atoms. The van der Waals surface area contributed by atoms with Crippen LogP contribution in [0, 0.1) is 0 Å². The Kier molecular flexibility index (Phi) is 29.9.